The number of benzene rings is 2. The van der Waals surface area contributed by atoms with Crippen LogP contribution in [0.4, 0.5) is 5.69 Å². The van der Waals surface area contributed by atoms with Crippen LogP contribution in [0.5, 0.6) is 0 Å². The summed E-state index contributed by atoms with van der Waals surface area (Å²) in [5.74, 6) is 0. The summed E-state index contributed by atoms with van der Waals surface area (Å²) in [4.78, 5) is 10.7. The number of halogens is 2. The molecule has 0 spiro atoms. The van der Waals surface area contributed by atoms with E-state index in [1.54, 1.807) is 18.2 Å². The van der Waals surface area contributed by atoms with Gasteiger partial charge in [0.1, 0.15) is 11.3 Å². The van der Waals surface area contributed by atoms with Gasteiger partial charge in [-0.1, -0.05) is 52.7 Å². The van der Waals surface area contributed by atoms with Crippen LogP contribution >= 0.6 is 23.2 Å². The average Bonchev–Trinajstić information content (AvgIpc) is 2.89. The van der Waals surface area contributed by atoms with E-state index in [-0.39, 0.29) is 27.1 Å². The van der Waals surface area contributed by atoms with Gasteiger partial charge in [-0.15, -0.1) is 5.10 Å². The van der Waals surface area contributed by atoms with Gasteiger partial charge in [0.15, 0.2) is 5.15 Å². The largest absolute Gasteiger partial charge is 0.280 e. The zero-order chi connectivity index (χ0) is 15.7. The molecule has 0 radical (unpaired) electrons. The van der Waals surface area contributed by atoms with Crippen LogP contribution in [0.1, 0.15) is 0 Å². The van der Waals surface area contributed by atoms with Gasteiger partial charge in [0.05, 0.1) is 15.6 Å². The molecule has 0 saturated heterocycles. The van der Waals surface area contributed by atoms with Crippen LogP contribution in [0.3, 0.4) is 0 Å². The molecule has 3 aromatic rings. The maximum absolute atomic E-state index is 11.2. The van der Waals surface area contributed by atoms with E-state index in [2.05, 4.69) is 10.3 Å². The van der Waals surface area contributed by atoms with Crippen LogP contribution in [-0.4, -0.2) is 19.9 Å². The number of nitro benzene ring substituents is 1. The van der Waals surface area contributed by atoms with Crippen LogP contribution in [0.15, 0.2) is 48.5 Å². The average molecular weight is 335 g/mol. The molecule has 0 amide bonds. The van der Waals surface area contributed by atoms with Crippen LogP contribution in [0.25, 0.3) is 16.9 Å². The summed E-state index contributed by atoms with van der Waals surface area (Å²) in [5, 5.41) is 19.4. The fourth-order valence-electron chi connectivity index (χ4n) is 2.06. The van der Waals surface area contributed by atoms with Gasteiger partial charge in [0.25, 0.3) is 5.69 Å². The molecule has 3 rings (SSSR count). The third-order valence-electron chi connectivity index (χ3n) is 3.04. The molecule has 6 nitrogen and oxygen atoms in total. The number of nitro groups is 1. The van der Waals surface area contributed by atoms with E-state index >= 15 is 0 Å². The second kappa shape index (κ2) is 5.75. The van der Waals surface area contributed by atoms with E-state index < -0.39 is 4.92 Å². The summed E-state index contributed by atoms with van der Waals surface area (Å²) in [6.45, 7) is 0. The first-order valence-electron chi connectivity index (χ1n) is 6.19. The summed E-state index contributed by atoms with van der Waals surface area (Å²) < 4.78 is 1.39. The van der Waals surface area contributed by atoms with Crippen LogP contribution in [0, 0.1) is 10.1 Å². The van der Waals surface area contributed by atoms with E-state index in [1.807, 2.05) is 18.2 Å². The van der Waals surface area contributed by atoms with Crippen molar-refractivity contribution >= 4 is 28.9 Å². The molecule has 0 aliphatic carbocycles. The molecule has 1 heterocycles. The molecule has 0 N–H and O–H groups in total. The Hall–Kier alpha value is -2.44. The van der Waals surface area contributed by atoms with Crippen molar-refractivity contribution < 1.29 is 4.92 Å². The maximum atomic E-state index is 11.2. The first-order chi connectivity index (χ1) is 10.6. The van der Waals surface area contributed by atoms with E-state index in [1.165, 1.54) is 16.8 Å². The monoisotopic (exact) mass is 334 g/mol. The first-order valence-corrected chi connectivity index (χ1v) is 6.95. The third kappa shape index (κ3) is 2.43. The van der Waals surface area contributed by atoms with Crippen LogP contribution in [0.2, 0.25) is 10.2 Å². The lowest BCUT2D eigenvalue weighted by atomic mass is 10.1. The van der Waals surface area contributed by atoms with Gasteiger partial charge >= 0.3 is 0 Å². The highest BCUT2D eigenvalue weighted by Crippen LogP contribution is 2.38. The molecular formula is C14H8Cl2N4O2. The van der Waals surface area contributed by atoms with E-state index in [9.17, 15) is 10.1 Å². The van der Waals surface area contributed by atoms with E-state index in [0.717, 1.165) is 0 Å². The van der Waals surface area contributed by atoms with Gasteiger partial charge in [0.2, 0.25) is 0 Å². The summed E-state index contributed by atoms with van der Waals surface area (Å²) >= 11 is 12.4. The number of hydrogen-bond donors (Lipinski definition) is 0. The lowest BCUT2D eigenvalue weighted by Gasteiger charge is -2.04. The third-order valence-corrected chi connectivity index (χ3v) is 3.70. The summed E-state index contributed by atoms with van der Waals surface area (Å²) in [7, 11) is 0. The predicted molar refractivity (Wildman–Crippen MR) is 83.5 cm³/mol. The summed E-state index contributed by atoms with van der Waals surface area (Å²) in [5.41, 5.74) is 0.847. The number of aromatic nitrogens is 3. The van der Waals surface area contributed by atoms with Crippen molar-refractivity contribution in [1.29, 1.82) is 0 Å². The zero-order valence-corrected chi connectivity index (χ0v) is 12.5. The molecule has 2 aromatic carbocycles. The molecular weight excluding hydrogens is 327 g/mol. The molecule has 22 heavy (non-hydrogen) atoms. The molecule has 0 saturated carbocycles. The summed E-state index contributed by atoms with van der Waals surface area (Å²) in [6, 6.07) is 13.5. The molecule has 0 fully saturated rings. The molecule has 0 unspecified atom stereocenters. The Kier molecular flexibility index (Phi) is 3.79. The molecule has 0 bridgehead atoms. The Morgan fingerprint density at radius 2 is 1.77 bits per heavy atom. The fourth-order valence-corrected chi connectivity index (χ4v) is 2.58. The Bertz CT molecular complexity index is 849. The van der Waals surface area contributed by atoms with Crippen molar-refractivity contribution in [3.63, 3.8) is 0 Å². The second-order valence-corrected chi connectivity index (χ2v) is 5.13. The normalized spacial score (nSPS) is 10.6. The summed E-state index contributed by atoms with van der Waals surface area (Å²) in [6.07, 6.45) is 0. The van der Waals surface area contributed by atoms with Gasteiger partial charge in [-0.05, 0) is 18.2 Å². The van der Waals surface area contributed by atoms with Crippen LogP contribution < -0.4 is 0 Å². The molecule has 0 aliphatic rings. The first kappa shape index (κ1) is 14.5. The van der Waals surface area contributed by atoms with Crippen molar-refractivity contribution in [2.75, 3.05) is 0 Å². The Morgan fingerprint density at radius 3 is 2.45 bits per heavy atom. The Morgan fingerprint density at radius 1 is 1.05 bits per heavy atom. The number of nitrogens with zero attached hydrogens (tertiary/aromatic N) is 4. The Labute approximate surface area is 135 Å². The SMILES string of the molecule is O=[N+]([O-])c1cccc(Cl)c1-c1nnn(-c2ccccc2)c1Cl. The number of rotatable bonds is 3. The van der Waals surface area contributed by atoms with E-state index in [0.29, 0.717) is 5.69 Å². The highest BCUT2D eigenvalue weighted by atomic mass is 35.5. The zero-order valence-electron chi connectivity index (χ0n) is 11.0. The highest BCUT2D eigenvalue weighted by Gasteiger charge is 2.25. The fraction of sp³-hybridized carbons (Fsp3) is 0. The second-order valence-electron chi connectivity index (χ2n) is 4.37. The van der Waals surface area contributed by atoms with Crippen molar-refractivity contribution in [3.8, 4) is 16.9 Å². The van der Waals surface area contributed by atoms with Gasteiger partial charge < -0.3 is 0 Å². The lowest BCUT2D eigenvalue weighted by molar-refractivity contribution is -0.384. The highest BCUT2D eigenvalue weighted by molar-refractivity contribution is 6.36. The van der Waals surface area contributed by atoms with Crippen molar-refractivity contribution in [2.45, 2.75) is 0 Å². The van der Waals surface area contributed by atoms with Crippen LogP contribution in [-0.2, 0) is 0 Å². The molecule has 0 atom stereocenters. The Balaban J connectivity index is 2.20. The van der Waals surface area contributed by atoms with Crippen molar-refractivity contribution in [3.05, 3.63) is 68.8 Å². The van der Waals surface area contributed by atoms with Gasteiger partial charge in [-0.25, -0.2) is 4.68 Å². The standard InChI is InChI=1S/C14H8Cl2N4O2/c15-10-7-4-8-11(20(21)22)12(10)13-14(16)19(18-17-13)9-5-2-1-3-6-9/h1-8H. The minimum Gasteiger partial charge on any atom is -0.258 e. The lowest BCUT2D eigenvalue weighted by Crippen LogP contribution is -1.96. The quantitative estimate of drug-likeness (QED) is 0.532. The molecule has 1 aromatic heterocycles. The predicted octanol–water partition coefficient (Wildman–Crippen LogP) is 4.15. The number of para-hydroxylation sites is 1. The smallest absolute Gasteiger partial charge is 0.258 e. The van der Waals surface area contributed by atoms with Gasteiger partial charge in [-0.3, -0.25) is 10.1 Å². The number of hydrogen-bond acceptors (Lipinski definition) is 4. The van der Waals surface area contributed by atoms with E-state index in [4.69, 9.17) is 23.2 Å². The minimum atomic E-state index is -0.529. The maximum Gasteiger partial charge on any atom is 0.280 e. The topological polar surface area (TPSA) is 73.8 Å². The molecule has 110 valence electrons. The van der Waals surface area contributed by atoms with Crippen molar-refractivity contribution in [1.82, 2.24) is 15.0 Å². The van der Waals surface area contributed by atoms with Crippen molar-refractivity contribution in [2.24, 2.45) is 0 Å². The van der Waals surface area contributed by atoms with Gasteiger partial charge in [0, 0.05) is 6.07 Å². The minimum absolute atomic E-state index is 0.154. The molecule has 0 aliphatic heterocycles. The van der Waals surface area contributed by atoms with Gasteiger partial charge in [-0.2, -0.15) is 0 Å². The molecule has 8 heteroatoms.